The van der Waals surface area contributed by atoms with E-state index >= 15 is 0 Å². The maximum Gasteiger partial charge on any atom is 0.253 e. The Morgan fingerprint density at radius 1 is 1.02 bits per heavy atom. The lowest BCUT2D eigenvalue weighted by molar-refractivity contribution is -0.140. The molecule has 246 valence electrons. The molecule has 1 heterocycles. The van der Waals surface area contributed by atoms with E-state index in [1.807, 2.05) is 19.9 Å². The van der Waals surface area contributed by atoms with Crippen LogP contribution in [0.25, 0.3) is 0 Å². The predicted octanol–water partition coefficient (Wildman–Crippen LogP) is 4.89. The van der Waals surface area contributed by atoms with Crippen molar-refractivity contribution in [3.05, 3.63) is 105 Å². The summed E-state index contributed by atoms with van der Waals surface area (Å²) in [6.45, 7) is 7.94. The zero-order valence-electron chi connectivity index (χ0n) is 26.4. The summed E-state index contributed by atoms with van der Waals surface area (Å²) in [7, 11) is 0. The van der Waals surface area contributed by atoms with Crippen molar-refractivity contribution < 1.29 is 28.3 Å². The zero-order valence-corrected chi connectivity index (χ0v) is 27.1. The molecule has 1 fully saturated rings. The highest BCUT2D eigenvalue weighted by atomic mass is 35.5. The largest absolute Gasteiger partial charge is 0.389 e. The fourth-order valence-corrected chi connectivity index (χ4v) is 6.04. The number of halogens is 3. The quantitative estimate of drug-likeness (QED) is 0.244. The van der Waals surface area contributed by atoms with E-state index in [1.165, 1.54) is 6.07 Å². The molecule has 3 atom stereocenters. The molecular weight excluding hydrogens is 614 g/mol. The third kappa shape index (κ3) is 9.11. The Balaban J connectivity index is 1.61. The van der Waals surface area contributed by atoms with Crippen LogP contribution in [-0.2, 0) is 17.8 Å². The number of benzene rings is 3. The maximum absolute atomic E-state index is 14.1. The van der Waals surface area contributed by atoms with Gasteiger partial charge in [-0.05, 0) is 85.3 Å². The van der Waals surface area contributed by atoms with Gasteiger partial charge in [0, 0.05) is 54.9 Å². The Labute approximate surface area is 273 Å². The van der Waals surface area contributed by atoms with E-state index in [0.29, 0.717) is 42.3 Å². The lowest BCUT2D eigenvalue weighted by Gasteiger charge is -2.38. The molecule has 1 aliphatic rings. The molecule has 3 N–H and O–H groups in total. The van der Waals surface area contributed by atoms with Gasteiger partial charge in [0.2, 0.25) is 5.91 Å². The Kier molecular flexibility index (Phi) is 12.3. The van der Waals surface area contributed by atoms with Crippen LogP contribution in [0, 0.1) is 18.6 Å². The lowest BCUT2D eigenvalue weighted by Crippen LogP contribution is -2.63. The molecule has 11 heteroatoms. The molecular formula is C35H41ClF2N4O4. The number of aryl methyl sites for hydroxylation is 1. The van der Waals surface area contributed by atoms with Crippen LogP contribution >= 0.6 is 11.6 Å². The molecule has 0 radical (unpaired) electrons. The van der Waals surface area contributed by atoms with Gasteiger partial charge in [0.15, 0.2) is 0 Å². The van der Waals surface area contributed by atoms with Crippen LogP contribution in [0.4, 0.5) is 8.78 Å². The highest BCUT2D eigenvalue weighted by Crippen LogP contribution is 2.20. The third-order valence-corrected chi connectivity index (χ3v) is 8.13. The standard InChI is InChI=1S/C35H41ClF2N4O4/c1-4-10-41(11-5-2)34(45)26-14-22(3)13-25(19-26)33(44)40-30(18-24-16-28(37)20-29(38)17-24)32(43)31-35(46)42(12-9-39-31)21-23-7-6-8-27(36)15-23/h6-8,13-17,19-20,30-32,39,43H,4-5,9-12,18,21H2,1-3H3,(H,40,44)/t30-,31?,32-/m0/s1. The van der Waals surface area contributed by atoms with Gasteiger partial charge in [-0.3, -0.25) is 14.4 Å². The van der Waals surface area contributed by atoms with Crippen molar-refractivity contribution in [1.29, 1.82) is 0 Å². The van der Waals surface area contributed by atoms with Crippen molar-refractivity contribution in [2.75, 3.05) is 26.2 Å². The minimum atomic E-state index is -1.47. The van der Waals surface area contributed by atoms with Crippen molar-refractivity contribution in [3.8, 4) is 0 Å². The monoisotopic (exact) mass is 654 g/mol. The normalized spacial score (nSPS) is 16.2. The van der Waals surface area contributed by atoms with E-state index in [0.717, 1.165) is 36.6 Å². The van der Waals surface area contributed by atoms with Crippen molar-refractivity contribution in [3.63, 3.8) is 0 Å². The number of aliphatic hydroxyl groups excluding tert-OH is 1. The summed E-state index contributed by atoms with van der Waals surface area (Å²) in [6, 6.07) is 12.7. The molecule has 3 aromatic carbocycles. The summed E-state index contributed by atoms with van der Waals surface area (Å²) in [5.74, 6) is -2.79. The number of hydrogen-bond acceptors (Lipinski definition) is 5. The van der Waals surface area contributed by atoms with Crippen molar-refractivity contribution >= 4 is 29.3 Å². The van der Waals surface area contributed by atoms with Gasteiger partial charge in [0.1, 0.15) is 17.7 Å². The second-order valence-electron chi connectivity index (χ2n) is 11.8. The van der Waals surface area contributed by atoms with Crippen LogP contribution in [0.3, 0.4) is 0 Å². The minimum absolute atomic E-state index is 0.167. The minimum Gasteiger partial charge on any atom is -0.389 e. The molecule has 3 aromatic rings. The van der Waals surface area contributed by atoms with Gasteiger partial charge in [-0.15, -0.1) is 0 Å². The average molecular weight is 655 g/mol. The fraction of sp³-hybridized carbons (Fsp3) is 0.400. The molecule has 1 aliphatic heterocycles. The van der Waals surface area contributed by atoms with E-state index in [2.05, 4.69) is 10.6 Å². The zero-order chi connectivity index (χ0) is 33.4. The number of nitrogens with zero attached hydrogens (tertiary/aromatic N) is 2. The molecule has 1 unspecified atom stereocenters. The van der Waals surface area contributed by atoms with Gasteiger partial charge in [0.05, 0.1) is 12.1 Å². The summed E-state index contributed by atoms with van der Waals surface area (Å²) >= 11 is 6.13. The molecule has 0 saturated carbocycles. The molecule has 0 spiro atoms. The molecule has 3 amide bonds. The van der Waals surface area contributed by atoms with Crippen LogP contribution in [0.1, 0.15) is 64.1 Å². The predicted molar refractivity (Wildman–Crippen MR) is 174 cm³/mol. The first-order valence-corrected chi connectivity index (χ1v) is 16.0. The highest BCUT2D eigenvalue weighted by molar-refractivity contribution is 6.30. The van der Waals surface area contributed by atoms with Gasteiger partial charge < -0.3 is 25.5 Å². The van der Waals surface area contributed by atoms with E-state index in [1.54, 1.807) is 47.1 Å². The van der Waals surface area contributed by atoms with Gasteiger partial charge in [-0.2, -0.15) is 0 Å². The number of nitrogens with one attached hydrogen (secondary N) is 2. The molecule has 1 saturated heterocycles. The van der Waals surface area contributed by atoms with E-state index < -0.39 is 41.6 Å². The molecule has 46 heavy (non-hydrogen) atoms. The summed E-state index contributed by atoms with van der Waals surface area (Å²) in [5.41, 5.74) is 2.24. The first-order chi connectivity index (χ1) is 22.0. The van der Waals surface area contributed by atoms with E-state index in [4.69, 9.17) is 11.6 Å². The Bertz CT molecular complexity index is 1530. The Morgan fingerprint density at radius 3 is 2.35 bits per heavy atom. The van der Waals surface area contributed by atoms with Crippen LogP contribution in [0.2, 0.25) is 5.02 Å². The number of piperazine rings is 1. The topological polar surface area (TPSA) is 102 Å². The number of hydrogen-bond donors (Lipinski definition) is 3. The number of aliphatic hydroxyl groups is 1. The van der Waals surface area contributed by atoms with Crippen molar-refractivity contribution in [1.82, 2.24) is 20.4 Å². The van der Waals surface area contributed by atoms with Crippen molar-refractivity contribution in [2.24, 2.45) is 0 Å². The Hall–Kier alpha value is -3.86. The molecule has 4 rings (SSSR count). The average Bonchev–Trinajstić information content (AvgIpc) is 3.00. The lowest BCUT2D eigenvalue weighted by atomic mass is 9.93. The SMILES string of the molecule is CCCN(CCC)C(=O)c1cc(C)cc(C(=O)N[C@@H](Cc2cc(F)cc(F)c2)[C@H](O)C2NCCN(Cc3cccc(Cl)c3)C2=O)c1. The number of amides is 3. The van der Waals surface area contributed by atoms with E-state index in [-0.39, 0.29) is 30.0 Å². The molecule has 0 bridgehead atoms. The first kappa shape index (κ1) is 35.0. The van der Waals surface area contributed by atoms with Crippen LogP contribution in [-0.4, -0.2) is 77.0 Å². The Morgan fingerprint density at radius 2 is 1.70 bits per heavy atom. The van der Waals surface area contributed by atoms with E-state index in [9.17, 15) is 28.3 Å². The van der Waals surface area contributed by atoms with Gasteiger partial charge >= 0.3 is 0 Å². The van der Waals surface area contributed by atoms with Gasteiger partial charge in [-0.1, -0.05) is 37.6 Å². The molecule has 8 nitrogen and oxygen atoms in total. The maximum atomic E-state index is 14.1. The van der Waals surface area contributed by atoms with Gasteiger partial charge in [-0.25, -0.2) is 8.78 Å². The second kappa shape index (κ2) is 16.1. The third-order valence-electron chi connectivity index (χ3n) is 7.90. The van der Waals surface area contributed by atoms with Crippen molar-refractivity contribution in [2.45, 2.75) is 64.8 Å². The van der Waals surface area contributed by atoms with Gasteiger partial charge in [0.25, 0.3) is 11.8 Å². The number of rotatable bonds is 13. The van der Waals surface area contributed by atoms with Crippen LogP contribution in [0.15, 0.2) is 60.7 Å². The second-order valence-corrected chi connectivity index (χ2v) is 12.2. The van der Waals surface area contributed by atoms with Crippen LogP contribution < -0.4 is 10.6 Å². The van der Waals surface area contributed by atoms with Crippen LogP contribution in [0.5, 0.6) is 0 Å². The fourth-order valence-electron chi connectivity index (χ4n) is 5.83. The molecule has 0 aliphatic carbocycles. The number of carbonyl (C=O) groups excluding carboxylic acids is 3. The summed E-state index contributed by atoms with van der Waals surface area (Å²) in [4.78, 5) is 44.0. The number of carbonyl (C=O) groups is 3. The summed E-state index contributed by atoms with van der Waals surface area (Å²) in [5, 5.41) is 18.0. The highest BCUT2D eigenvalue weighted by Gasteiger charge is 2.38. The summed E-state index contributed by atoms with van der Waals surface area (Å²) < 4.78 is 28.3. The summed E-state index contributed by atoms with van der Waals surface area (Å²) in [6.07, 6.45) is -0.0642. The smallest absolute Gasteiger partial charge is 0.253 e. The first-order valence-electron chi connectivity index (χ1n) is 15.6. The molecule has 0 aromatic heterocycles.